The maximum absolute atomic E-state index is 2.16. The molecule has 1 rings (SSSR count). The Morgan fingerprint density at radius 1 is 1.11 bits per heavy atom. The smallest absolute Gasteiger partial charge is 0 e. The van der Waals surface area contributed by atoms with Crippen LogP contribution in [0.3, 0.4) is 0 Å². The van der Waals surface area contributed by atoms with E-state index in [2.05, 4.69) is 31.2 Å². The molecule has 0 saturated heterocycles. The molecule has 0 unspecified atom stereocenters. The van der Waals surface area contributed by atoms with Gasteiger partial charge in [0.15, 0.2) is 0 Å². The topological polar surface area (TPSA) is 0 Å². The Hall–Kier alpha value is -0.715. The fourth-order valence-electron chi connectivity index (χ4n) is 0.714. The van der Waals surface area contributed by atoms with Crippen molar-refractivity contribution in [3.8, 4) is 0 Å². The predicted molar refractivity (Wildman–Crippen MR) is 41.6 cm³/mol. The highest BCUT2D eigenvalue weighted by Gasteiger charge is 1.79. The first-order valence-electron chi connectivity index (χ1n) is 2.97. The Morgan fingerprint density at radius 3 is 2.00 bits per heavy atom. The molecule has 0 saturated carbocycles. The SMILES string of the molecule is CCc1ccccc1.[B]. The van der Waals surface area contributed by atoms with Crippen molar-refractivity contribution in [2.24, 2.45) is 0 Å². The van der Waals surface area contributed by atoms with Gasteiger partial charge in [-0.15, -0.1) is 0 Å². The minimum Gasteiger partial charge on any atom is -0.0622 e. The monoisotopic (exact) mass is 117 g/mol. The zero-order chi connectivity index (χ0) is 5.82. The van der Waals surface area contributed by atoms with Gasteiger partial charge in [0, 0.05) is 8.41 Å². The van der Waals surface area contributed by atoms with Crippen LogP contribution in [0.1, 0.15) is 12.5 Å². The van der Waals surface area contributed by atoms with Gasteiger partial charge in [-0.2, -0.15) is 0 Å². The molecule has 0 amide bonds. The molecule has 0 heterocycles. The summed E-state index contributed by atoms with van der Waals surface area (Å²) in [5, 5.41) is 0. The van der Waals surface area contributed by atoms with Crippen LogP contribution in [0.4, 0.5) is 0 Å². The molecule has 0 aliphatic heterocycles. The van der Waals surface area contributed by atoms with Gasteiger partial charge in [0.1, 0.15) is 0 Å². The van der Waals surface area contributed by atoms with Crippen LogP contribution >= 0.6 is 0 Å². The summed E-state index contributed by atoms with van der Waals surface area (Å²) in [6, 6.07) is 10.5. The third kappa shape index (κ3) is 2.36. The standard InChI is InChI=1S/C8H10.B/c1-2-8-6-4-3-5-7-8;/h3-7H,2H2,1H3;. The molecule has 0 fully saturated rings. The van der Waals surface area contributed by atoms with Crippen LogP contribution in [0.25, 0.3) is 0 Å². The lowest BCUT2D eigenvalue weighted by Crippen LogP contribution is -1.73. The van der Waals surface area contributed by atoms with Crippen LogP contribution in [-0.2, 0) is 6.42 Å². The van der Waals surface area contributed by atoms with Crippen molar-refractivity contribution >= 4 is 8.41 Å². The van der Waals surface area contributed by atoms with Crippen LogP contribution in [0.5, 0.6) is 0 Å². The van der Waals surface area contributed by atoms with Crippen LogP contribution in [-0.4, -0.2) is 8.41 Å². The maximum atomic E-state index is 2.16. The summed E-state index contributed by atoms with van der Waals surface area (Å²) in [6.07, 6.45) is 1.14. The first kappa shape index (κ1) is 8.28. The Labute approximate surface area is 58.5 Å². The van der Waals surface area contributed by atoms with Gasteiger partial charge in [-0.1, -0.05) is 37.3 Å². The van der Waals surface area contributed by atoms with Gasteiger partial charge in [-0.05, 0) is 12.0 Å². The minimum absolute atomic E-state index is 0. The average molecular weight is 117 g/mol. The Balaban J connectivity index is 0.000000640. The summed E-state index contributed by atoms with van der Waals surface area (Å²) in [6.45, 7) is 2.16. The van der Waals surface area contributed by atoms with Gasteiger partial charge >= 0.3 is 0 Å². The van der Waals surface area contributed by atoms with E-state index in [9.17, 15) is 0 Å². The first-order valence-corrected chi connectivity index (χ1v) is 2.97. The van der Waals surface area contributed by atoms with Gasteiger partial charge < -0.3 is 0 Å². The second kappa shape index (κ2) is 4.19. The van der Waals surface area contributed by atoms with Crippen molar-refractivity contribution in [1.29, 1.82) is 0 Å². The van der Waals surface area contributed by atoms with Crippen molar-refractivity contribution in [2.75, 3.05) is 0 Å². The quantitative estimate of drug-likeness (QED) is 0.492. The third-order valence-electron chi connectivity index (χ3n) is 1.25. The highest BCUT2D eigenvalue weighted by molar-refractivity contribution is 5.75. The van der Waals surface area contributed by atoms with E-state index in [1.165, 1.54) is 5.56 Å². The molecule has 1 aromatic carbocycles. The molecule has 0 bridgehead atoms. The van der Waals surface area contributed by atoms with Crippen molar-refractivity contribution < 1.29 is 0 Å². The molecule has 0 spiro atoms. The van der Waals surface area contributed by atoms with Crippen LogP contribution in [0.15, 0.2) is 30.3 Å². The van der Waals surface area contributed by atoms with Crippen molar-refractivity contribution in [1.82, 2.24) is 0 Å². The zero-order valence-electron chi connectivity index (χ0n) is 5.67. The second-order valence-corrected chi connectivity index (χ2v) is 1.84. The number of rotatable bonds is 1. The largest absolute Gasteiger partial charge is 0.0622 e. The lowest BCUT2D eigenvalue weighted by atomic mass is 10.2. The van der Waals surface area contributed by atoms with Crippen molar-refractivity contribution in [3.63, 3.8) is 0 Å². The molecule has 0 nitrogen and oxygen atoms in total. The molecule has 0 aliphatic carbocycles. The molecule has 3 radical (unpaired) electrons. The molecule has 0 N–H and O–H groups in total. The van der Waals surface area contributed by atoms with E-state index < -0.39 is 0 Å². The summed E-state index contributed by atoms with van der Waals surface area (Å²) < 4.78 is 0. The van der Waals surface area contributed by atoms with Gasteiger partial charge in [0.05, 0.1) is 0 Å². The summed E-state index contributed by atoms with van der Waals surface area (Å²) in [7, 11) is 0. The molecular formula is C8H10B. The number of hydrogen-bond acceptors (Lipinski definition) is 0. The molecule has 1 heteroatoms. The summed E-state index contributed by atoms with van der Waals surface area (Å²) in [5.41, 5.74) is 1.41. The fourth-order valence-corrected chi connectivity index (χ4v) is 0.714. The highest BCUT2D eigenvalue weighted by atomic mass is 13.9. The number of aryl methyl sites for hydroxylation is 1. The number of benzene rings is 1. The number of hydrogen-bond donors (Lipinski definition) is 0. The Bertz CT molecular complexity index is 146. The van der Waals surface area contributed by atoms with Gasteiger partial charge in [-0.3, -0.25) is 0 Å². The summed E-state index contributed by atoms with van der Waals surface area (Å²) in [4.78, 5) is 0. The van der Waals surface area contributed by atoms with Crippen LogP contribution < -0.4 is 0 Å². The molecule has 1 aromatic rings. The summed E-state index contributed by atoms with van der Waals surface area (Å²) >= 11 is 0. The van der Waals surface area contributed by atoms with Gasteiger partial charge in [0.2, 0.25) is 0 Å². The van der Waals surface area contributed by atoms with E-state index >= 15 is 0 Å². The fraction of sp³-hybridized carbons (Fsp3) is 0.250. The minimum atomic E-state index is 0. The Kier molecular flexibility index (Phi) is 3.86. The van der Waals surface area contributed by atoms with Gasteiger partial charge in [-0.25, -0.2) is 0 Å². The van der Waals surface area contributed by atoms with Crippen LogP contribution in [0, 0.1) is 0 Å². The third-order valence-corrected chi connectivity index (χ3v) is 1.25. The van der Waals surface area contributed by atoms with Crippen molar-refractivity contribution in [3.05, 3.63) is 35.9 Å². The molecule has 9 heavy (non-hydrogen) atoms. The van der Waals surface area contributed by atoms with Gasteiger partial charge in [0.25, 0.3) is 0 Å². The Morgan fingerprint density at radius 2 is 1.67 bits per heavy atom. The van der Waals surface area contributed by atoms with Crippen molar-refractivity contribution in [2.45, 2.75) is 13.3 Å². The average Bonchev–Trinajstić information content (AvgIpc) is 1.90. The lowest BCUT2D eigenvalue weighted by Gasteiger charge is -1.89. The maximum Gasteiger partial charge on any atom is 0 e. The van der Waals surface area contributed by atoms with E-state index in [0.717, 1.165) is 6.42 Å². The van der Waals surface area contributed by atoms with E-state index in [1.54, 1.807) is 0 Å². The molecule has 0 aromatic heterocycles. The molecule has 45 valence electrons. The van der Waals surface area contributed by atoms with E-state index in [1.807, 2.05) is 6.07 Å². The molecular weight excluding hydrogens is 107 g/mol. The first-order chi connectivity index (χ1) is 3.93. The normalized spacial score (nSPS) is 8.11. The van der Waals surface area contributed by atoms with E-state index in [4.69, 9.17) is 0 Å². The molecule has 0 atom stereocenters. The molecule has 0 aliphatic rings. The van der Waals surface area contributed by atoms with E-state index in [0.29, 0.717) is 0 Å². The highest BCUT2D eigenvalue weighted by Crippen LogP contribution is 1.96. The van der Waals surface area contributed by atoms with Crippen LogP contribution in [0.2, 0.25) is 0 Å². The predicted octanol–water partition coefficient (Wildman–Crippen LogP) is 1.87. The lowest BCUT2D eigenvalue weighted by molar-refractivity contribution is 1.14. The van der Waals surface area contributed by atoms with E-state index in [-0.39, 0.29) is 8.41 Å². The second-order valence-electron chi connectivity index (χ2n) is 1.84. The zero-order valence-corrected chi connectivity index (χ0v) is 5.67. The summed E-state index contributed by atoms with van der Waals surface area (Å²) in [5.74, 6) is 0.